The van der Waals surface area contributed by atoms with Gasteiger partial charge in [-0.3, -0.25) is 4.79 Å². The van der Waals surface area contributed by atoms with Gasteiger partial charge in [0.25, 0.3) is 0 Å². The summed E-state index contributed by atoms with van der Waals surface area (Å²) in [6.45, 7) is 4.58. The SMILES string of the molecule is CSC(C)C(=O)N1CCCC(CCN)C1. The summed E-state index contributed by atoms with van der Waals surface area (Å²) in [6, 6.07) is 0. The molecule has 0 saturated carbocycles. The van der Waals surface area contributed by atoms with Crippen LogP contribution in [-0.4, -0.2) is 41.9 Å². The zero-order valence-corrected chi connectivity index (χ0v) is 10.6. The second kappa shape index (κ2) is 6.38. The highest BCUT2D eigenvalue weighted by molar-refractivity contribution is 7.99. The van der Waals surface area contributed by atoms with Crippen molar-refractivity contribution in [2.24, 2.45) is 11.7 Å². The first kappa shape index (κ1) is 12.8. The van der Waals surface area contributed by atoms with Crippen molar-refractivity contribution in [2.45, 2.75) is 31.4 Å². The molecule has 0 aromatic rings. The van der Waals surface area contributed by atoms with Gasteiger partial charge >= 0.3 is 0 Å². The number of piperidine rings is 1. The van der Waals surface area contributed by atoms with E-state index in [1.54, 1.807) is 11.8 Å². The molecule has 0 aromatic carbocycles. The summed E-state index contributed by atoms with van der Waals surface area (Å²) in [5.74, 6) is 0.922. The fourth-order valence-corrected chi connectivity index (χ4v) is 2.45. The number of nitrogens with zero attached hydrogens (tertiary/aromatic N) is 1. The minimum atomic E-state index is 0.0987. The number of likely N-dealkylation sites (tertiary alicyclic amines) is 1. The zero-order valence-electron chi connectivity index (χ0n) is 9.74. The largest absolute Gasteiger partial charge is 0.341 e. The zero-order chi connectivity index (χ0) is 11.3. The quantitative estimate of drug-likeness (QED) is 0.792. The molecule has 0 bridgehead atoms. The van der Waals surface area contributed by atoms with Crippen LogP contribution in [0.5, 0.6) is 0 Å². The Morgan fingerprint density at radius 1 is 1.67 bits per heavy atom. The van der Waals surface area contributed by atoms with Crippen molar-refractivity contribution in [3.8, 4) is 0 Å². The normalized spacial score (nSPS) is 23.9. The molecule has 1 saturated heterocycles. The van der Waals surface area contributed by atoms with Crippen molar-refractivity contribution in [3.05, 3.63) is 0 Å². The van der Waals surface area contributed by atoms with Crippen LogP contribution in [-0.2, 0) is 4.79 Å². The molecule has 3 nitrogen and oxygen atoms in total. The van der Waals surface area contributed by atoms with E-state index >= 15 is 0 Å². The maximum atomic E-state index is 12.0. The molecular formula is C11H22N2OS. The lowest BCUT2D eigenvalue weighted by molar-refractivity contribution is -0.132. The summed E-state index contributed by atoms with van der Waals surface area (Å²) in [7, 11) is 0. The molecule has 0 spiro atoms. The first-order chi connectivity index (χ1) is 7.19. The van der Waals surface area contributed by atoms with E-state index < -0.39 is 0 Å². The molecule has 0 aliphatic carbocycles. The average molecular weight is 230 g/mol. The standard InChI is InChI=1S/C11H22N2OS/c1-9(15-2)11(14)13-7-3-4-10(8-13)5-6-12/h9-10H,3-8,12H2,1-2H3. The second-order valence-electron chi connectivity index (χ2n) is 4.25. The number of rotatable bonds is 4. The van der Waals surface area contributed by atoms with Gasteiger partial charge in [-0.15, -0.1) is 0 Å². The lowest BCUT2D eigenvalue weighted by Crippen LogP contribution is -2.43. The minimum Gasteiger partial charge on any atom is -0.341 e. The van der Waals surface area contributed by atoms with E-state index in [2.05, 4.69) is 0 Å². The Balaban J connectivity index is 2.44. The fourth-order valence-electron chi connectivity index (χ4n) is 2.09. The molecule has 2 unspecified atom stereocenters. The molecule has 2 N–H and O–H groups in total. The molecule has 1 aliphatic rings. The summed E-state index contributed by atoms with van der Waals surface area (Å²) in [5.41, 5.74) is 5.56. The monoisotopic (exact) mass is 230 g/mol. The Kier molecular flexibility index (Phi) is 5.47. The maximum Gasteiger partial charge on any atom is 0.235 e. The highest BCUT2D eigenvalue weighted by atomic mass is 32.2. The molecule has 0 aromatic heterocycles. The highest BCUT2D eigenvalue weighted by Gasteiger charge is 2.25. The Bertz CT molecular complexity index is 209. The smallest absolute Gasteiger partial charge is 0.235 e. The number of carbonyl (C=O) groups excluding carboxylic acids is 1. The first-order valence-electron chi connectivity index (χ1n) is 5.70. The summed E-state index contributed by atoms with van der Waals surface area (Å²) >= 11 is 1.63. The van der Waals surface area contributed by atoms with E-state index in [1.165, 1.54) is 6.42 Å². The number of thioether (sulfide) groups is 1. The Morgan fingerprint density at radius 2 is 2.40 bits per heavy atom. The average Bonchev–Trinajstić information content (AvgIpc) is 2.28. The molecule has 15 heavy (non-hydrogen) atoms. The van der Waals surface area contributed by atoms with Gasteiger partial charge in [-0.1, -0.05) is 0 Å². The molecular weight excluding hydrogens is 208 g/mol. The third-order valence-corrected chi connectivity index (χ3v) is 4.02. The predicted molar refractivity (Wildman–Crippen MR) is 66.0 cm³/mol. The molecule has 2 atom stereocenters. The van der Waals surface area contributed by atoms with Gasteiger partial charge in [0.2, 0.25) is 5.91 Å². The number of carbonyl (C=O) groups is 1. The molecule has 1 heterocycles. The number of hydrogen-bond acceptors (Lipinski definition) is 3. The second-order valence-corrected chi connectivity index (χ2v) is 5.43. The third kappa shape index (κ3) is 3.68. The van der Waals surface area contributed by atoms with Crippen LogP contribution in [0.3, 0.4) is 0 Å². The van der Waals surface area contributed by atoms with Crippen LogP contribution < -0.4 is 5.73 Å². The van der Waals surface area contributed by atoms with Gasteiger partial charge in [-0.2, -0.15) is 11.8 Å². The molecule has 1 amide bonds. The van der Waals surface area contributed by atoms with Crippen LogP contribution in [0.15, 0.2) is 0 Å². The van der Waals surface area contributed by atoms with Crippen LogP contribution in [0, 0.1) is 5.92 Å². The summed E-state index contributed by atoms with van der Waals surface area (Å²) < 4.78 is 0. The summed E-state index contributed by atoms with van der Waals surface area (Å²) in [4.78, 5) is 14.0. The number of amides is 1. The number of nitrogens with two attached hydrogens (primary N) is 1. The molecule has 1 fully saturated rings. The van der Waals surface area contributed by atoms with Crippen LogP contribution >= 0.6 is 11.8 Å². The summed E-state index contributed by atoms with van der Waals surface area (Å²) in [5, 5.41) is 0.0987. The summed E-state index contributed by atoms with van der Waals surface area (Å²) in [6.07, 6.45) is 5.41. The fraction of sp³-hybridized carbons (Fsp3) is 0.909. The van der Waals surface area contributed by atoms with Crippen LogP contribution in [0.1, 0.15) is 26.2 Å². The van der Waals surface area contributed by atoms with Crippen LogP contribution in [0.4, 0.5) is 0 Å². The lowest BCUT2D eigenvalue weighted by atomic mass is 9.95. The van der Waals surface area contributed by atoms with E-state index in [4.69, 9.17) is 5.73 Å². The van der Waals surface area contributed by atoms with Gasteiger partial charge in [0.15, 0.2) is 0 Å². The molecule has 1 rings (SSSR count). The third-order valence-electron chi connectivity index (χ3n) is 3.11. The Labute approximate surface area is 96.8 Å². The van der Waals surface area contributed by atoms with Gasteiger partial charge in [-0.05, 0) is 44.9 Å². The van der Waals surface area contributed by atoms with Gasteiger partial charge in [0.05, 0.1) is 5.25 Å². The highest BCUT2D eigenvalue weighted by Crippen LogP contribution is 2.21. The van der Waals surface area contributed by atoms with E-state index in [0.29, 0.717) is 11.8 Å². The molecule has 88 valence electrons. The van der Waals surface area contributed by atoms with Gasteiger partial charge < -0.3 is 10.6 Å². The number of hydrogen-bond donors (Lipinski definition) is 1. The lowest BCUT2D eigenvalue weighted by Gasteiger charge is -2.34. The van der Waals surface area contributed by atoms with Crippen molar-refractivity contribution in [3.63, 3.8) is 0 Å². The molecule has 1 aliphatic heterocycles. The van der Waals surface area contributed by atoms with Gasteiger partial charge in [0.1, 0.15) is 0 Å². The van der Waals surface area contributed by atoms with Crippen molar-refractivity contribution in [1.82, 2.24) is 4.90 Å². The molecule has 4 heteroatoms. The van der Waals surface area contributed by atoms with Crippen molar-refractivity contribution >= 4 is 17.7 Å². The van der Waals surface area contributed by atoms with Gasteiger partial charge in [0, 0.05) is 13.1 Å². The van der Waals surface area contributed by atoms with Crippen molar-refractivity contribution < 1.29 is 4.79 Å². The van der Waals surface area contributed by atoms with E-state index in [-0.39, 0.29) is 5.25 Å². The van der Waals surface area contributed by atoms with Crippen LogP contribution in [0.25, 0.3) is 0 Å². The topological polar surface area (TPSA) is 46.3 Å². The van der Waals surface area contributed by atoms with E-state index in [0.717, 1.165) is 32.5 Å². The minimum absolute atomic E-state index is 0.0987. The van der Waals surface area contributed by atoms with Crippen molar-refractivity contribution in [2.75, 3.05) is 25.9 Å². The Morgan fingerprint density at radius 3 is 3.00 bits per heavy atom. The van der Waals surface area contributed by atoms with E-state index in [9.17, 15) is 4.79 Å². The Hall–Kier alpha value is -0.220. The van der Waals surface area contributed by atoms with Crippen molar-refractivity contribution in [1.29, 1.82) is 0 Å². The maximum absolute atomic E-state index is 12.0. The van der Waals surface area contributed by atoms with Crippen LogP contribution in [0.2, 0.25) is 0 Å². The first-order valence-corrected chi connectivity index (χ1v) is 6.99. The molecule has 0 radical (unpaired) electrons. The van der Waals surface area contributed by atoms with E-state index in [1.807, 2.05) is 18.1 Å². The van der Waals surface area contributed by atoms with Gasteiger partial charge in [-0.25, -0.2) is 0 Å². The predicted octanol–water partition coefficient (Wildman–Crippen LogP) is 1.33.